The van der Waals surface area contributed by atoms with Gasteiger partial charge in [0.15, 0.2) is 0 Å². The Hall–Kier alpha value is -1.84. The zero-order chi connectivity index (χ0) is 13.5. The third kappa shape index (κ3) is 1.91. The third-order valence-electron chi connectivity index (χ3n) is 3.88. The number of hydrogen-bond acceptors (Lipinski definition) is 1. The second kappa shape index (κ2) is 4.37. The number of nitrogens with one attached hydrogen (secondary N) is 2. The second-order valence-corrected chi connectivity index (χ2v) is 5.23. The van der Waals surface area contributed by atoms with Gasteiger partial charge in [-0.2, -0.15) is 0 Å². The standard InChI is InChI=1S/C15H17FN2O/c1-2-7-17-14(19)15(5-6-15)12-9-18-13-8-10(16)3-4-11(12)13/h3-4,8-9,18H,2,5-7H2,1H3,(H,17,19). The molecule has 1 aromatic heterocycles. The summed E-state index contributed by atoms with van der Waals surface area (Å²) in [7, 11) is 0. The van der Waals surface area contributed by atoms with Gasteiger partial charge in [0, 0.05) is 23.6 Å². The number of benzene rings is 1. The lowest BCUT2D eigenvalue weighted by Gasteiger charge is -2.14. The fraction of sp³-hybridized carbons (Fsp3) is 0.400. The van der Waals surface area contributed by atoms with Gasteiger partial charge in [-0.05, 0) is 43.0 Å². The molecule has 0 bridgehead atoms. The van der Waals surface area contributed by atoms with E-state index in [0.29, 0.717) is 6.54 Å². The van der Waals surface area contributed by atoms with Crippen LogP contribution in [0.3, 0.4) is 0 Å². The van der Waals surface area contributed by atoms with Gasteiger partial charge in [0.05, 0.1) is 5.41 Å². The summed E-state index contributed by atoms with van der Waals surface area (Å²) < 4.78 is 13.2. The summed E-state index contributed by atoms with van der Waals surface area (Å²) in [6, 6.07) is 4.67. The van der Waals surface area contributed by atoms with E-state index in [0.717, 1.165) is 35.7 Å². The van der Waals surface area contributed by atoms with Crippen molar-refractivity contribution in [3.05, 3.63) is 35.8 Å². The van der Waals surface area contributed by atoms with Crippen molar-refractivity contribution in [3.8, 4) is 0 Å². The molecule has 0 radical (unpaired) electrons. The first-order valence-corrected chi connectivity index (χ1v) is 6.73. The molecule has 3 rings (SSSR count). The van der Waals surface area contributed by atoms with E-state index >= 15 is 0 Å². The monoisotopic (exact) mass is 260 g/mol. The minimum Gasteiger partial charge on any atom is -0.361 e. The van der Waals surface area contributed by atoms with Crippen LogP contribution < -0.4 is 5.32 Å². The molecular weight excluding hydrogens is 243 g/mol. The van der Waals surface area contributed by atoms with E-state index in [1.54, 1.807) is 6.07 Å². The predicted molar refractivity (Wildman–Crippen MR) is 72.5 cm³/mol. The number of carbonyl (C=O) groups excluding carboxylic acids is 1. The van der Waals surface area contributed by atoms with Crippen molar-refractivity contribution < 1.29 is 9.18 Å². The van der Waals surface area contributed by atoms with E-state index in [-0.39, 0.29) is 11.7 Å². The van der Waals surface area contributed by atoms with Gasteiger partial charge in [0.1, 0.15) is 5.82 Å². The molecule has 1 heterocycles. The van der Waals surface area contributed by atoms with Crippen molar-refractivity contribution in [2.24, 2.45) is 0 Å². The van der Waals surface area contributed by atoms with Gasteiger partial charge < -0.3 is 10.3 Å². The number of halogens is 1. The Labute approximate surface area is 111 Å². The van der Waals surface area contributed by atoms with Crippen molar-refractivity contribution in [3.63, 3.8) is 0 Å². The third-order valence-corrected chi connectivity index (χ3v) is 3.88. The van der Waals surface area contributed by atoms with Crippen LogP contribution in [0.4, 0.5) is 4.39 Å². The number of aromatic nitrogens is 1. The summed E-state index contributed by atoms with van der Waals surface area (Å²) >= 11 is 0. The number of carbonyl (C=O) groups is 1. The smallest absolute Gasteiger partial charge is 0.230 e. The summed E-state index contributed by atoms with van der Waals surface area (Å²) in [4.78, 5) is 15.4. The van der Waals surface area contributed by atoms with E-state index in [1.165, 1.54) is 12.1 Å². The minimum atomic E-state index is -0.398. The second-order valence-electron chi connectivity index (χ2n) is 5.23. The lowest BCUT2D eigenvalue weighted by molar-refractivity contribution is -0.123. The number of H-pyrrole nitrogens is 1. The maximum absolute atomic E-state index is 13.2. The molecule has 2 aromatic rings. The number of hydrogen-bond donors (Lipinski definition) is 2. The Bertz CT molecular complexity index is 628. The fourth-order valence-corrected chi connectivity index (χ4v) is 2.65. The van der Waals surface area contributed by atoms with Crippen LogP contribution in [0.2, 0.25) is 0 Å². The molecule has 0 spiro atoms. The molecule has 1 fully saturated rings. The molecule has 1 aliphatic rings. The SMILES string of the molecule is CCCNC(=O)C1(c2c[nH]c3cc(F)ccc23)CC1. The van der Waals surface area contributed by atoms with Crippen LogP contribution in [0.25, 0.3) is 10.9 Å². The first kappa shape index (κ1) is 12.2. The van der Waals surface area contributed by atoms with Gasteiger partial charge in [-0.15, -0.1) is 0 Å². The highest BCUT2D eigenvalue weighted by Crippen LogP contribution is 2.50. The average molecular weight is 260 g/mol. The normalized spacial score (nSPS) is 16.5. The molecule has 1 amide bonds. The van der Waals surface area contributed by atoms with Crippen LogP contribution in [-0.4, -0.2) is 17.4 Å². The first-order chi connectivity index (χ1) is 9.17. The highest BCUT2D eigenvalue weighted by atomic mass is 19.1. The van der Waals surface area contributed by atoms with E-state index in [9.17, 15) is 9.18 Å². The largest absolute Gasteiger partial charge is 0.361 e. The molecule has 1 saturated carbocycles. The maximum atomic E-state index is 13.2. The minimum absolute atomic E-state index is 0.0968. The van der Waals surface area contributed by atoms with E-state index in [1.807, 2.05) is 13.1 Å². The van der Waals surface area contributed by atoms with E-state index < -0.39 is 5.41 Å². The quantitative estimate of drug-likeness (QED) is 0.872. The zero-order valence-corrected chi connectivity index (χ0v) is 10.9. The Morgan fingerprint density at radius 1 is 1.47 bits per heavy atom. The molecule has 3 nitrogen and oxygen atoms in total. The first-order valence-electron chi connectivity index (χ1n) is 6.73. The van der Waals surface area contributed by atoms with Crippen LogP contribution in [0.1, 0.15) is 31.7 Å². The summed E-state index contributed by atoms with van der Waals surface area (Å²) in [6.07, 6.45) is 4.52. The molecular formula is C15H17FN2O. The Morgan fingerprint density at radius 3 is 2.95 bits per heavy atom. The van der Waals surface area contributed by atoms with E-state index in [4.69, 9.17) is 0 Å². The maximum Gasteiger partial charge on any atom is 0.230 e. The van der Waals surface area contributed by atoms with Gasteiger partial charge >= 0.3 is 0 Å². The van der Waals surface area contributed by atoms with Gasteiger partial charge in [0.2, 0.25) is 5.91 Å². The number of rotatable bonds is 4. The fourth-order valence-electron chi connectivity index (χ4n) is 2.65. The topological polar surface area (TPSA) is 44.9 Å². The molecule has 2 N–H and O–H groups in total. The van der Waals surface area contributed by atoms with Gasteiger partial charge in [-0.1, -0.05) is 6.92 Å². The van der Waals surface area contributed by atoms with Crippen LogP contribution in [0.15, 0.2) is 24.4 Å². The highest BCUT2D eigenvalue weighted by molar-refractivity contribution is 5.97. The van der Waals surface area contributed by atoms with Crippen LogP contribution in [-0.2, 0) is 10.2 Å². The van der Waals surface area contributed by atoms with Gasteiger partial charge in [-0.3, -0.25) is 4.79 Å². The van der Waals surface area contributed by atoms with Crippen LogP contribution in [0, 0.1) is 5.82 Å². The van der Waals surface area contributed by atoms with Gasteiger partial charge in [0.25, 0.3) is 0 Å². The zero-order valence-electron chi connectivity index (χ0n) is 10.9. The average Bonchev–Trinajstić information content (AvgIpc) is 3.11. The summed E-state index contributed by atoms with van der Waals surface area (Å²) in [6.45, 7) is 2.74. The molecule has 1 aromatic carbocycles. The van der Waals surface area contributed by atoms with Crippen molar-refractivity contribution in [1.29, 1.82) is 0 Å². The van der Waals surface area contributed by atoms with Crippen molar-refractivity contribution in [2.45, 2.75) is 31.6 Å². The van der Waals surface area contributed by atoms with E-state index in [2.05, 4.69) is 10.3 Å². The number of aromatic amines is 1. The molecule has 0 saturated heterocycles. The molecule has 100 valence electrons. The van der Waals surface area contributed by atoms with Crippen LogP contribution in [0.5, 0.6) is 0 Å². The Kier molecular flexibility index (Phi) is 2.81. The summed E-state index contributed by atoms with van der Waals surface area (Å²) in [5.41, 5.74) is 1.35. The van der Waals surface area contributed by atoms with Crippen molar-refractivity contribution in [2.75, 3.05) is 6.54 Å². The molecule has 4 heteroatoms. The van der Waals surface area contributed by atoms with Gasteiger partial charge in [-0.25, -0.2) is 4.39 Å². The molecule has 0 aliphatic heterocycles. The summed E-state index contributed by atoms with van der Waals surface area (Å²) in [5.74, 6) is -0.166. The van der Waals surface area contributed by atoms with Crippen LogP contribution >= 0.6 is 0 Å². The summed E-state index contributed by atoms with van der Waals surface area (Å²) in [5, 5.41) is 3.92. The highest BCUT2D eigenvalue weighted by Gasteiger charge is 2.52. The number of fused-ring (bicyclic) bond motifs is 1. The number of amides is 1. The Balaban J connectivity index is 1.98. The van der Waals surface area contributed by atoms with Crippen molar-refractivity contribution in [1.82, 2.24) is 10.3 Å². The molecule has 0 atom stereocenters. The predicted octanol–water partition coefficient (Wildman–Crippen LogP) is 2.86. The lowest BCUT2D eigenvalue weighted by Crippen LogP contribution is -2.35. The molecule has 0 unspecified atom stereocenters. The molecule has 1 aliphatic carbocycles. The van der Waals surface area contributed by atoms with Crippen molar-refractivity contribution >= 4 is 16.8 Å². The molecule has 19 heavy (non-hydrogen) atoms. The Morgan fingerprint density at radius 2 is 2.26 bits per heavy atom. The lowest BCUT2D eigenvalue weighted by atomic mass is 9.94.